The van der Waals surface area contributed by atoms with Crippen LogP contribution >= 0.6 is 22.7 Å². The van der Waals surface area contributed by atoms with E-state index in [1.54, 1.807) is 0 Å². The molecule has 2 amide bonds. The molecule has 1 aliphatic heterocycles. The van der Waals surface area contributed by atoms with Crippen molar-refractivity contribution in [2.45, 2.75) is 11.8 Å². The van der Waals surface area contributed by atoms with Gasteiger partial charge in [0.1, 0.15) is 0 Å². The zero-order chi connectivity index (χ0) is 24.4. The summed E-state index contributed by atoms with van der Waals surface area (Å²) in [5.41, 5.74) is 4.42. The number of hydrogen-bond acceptors (Lipinski definition) is 4. The highest BCUT2D eigenvalue weighted by atomic mass is 32.1. The molecule has 4 aliphatic rings. The van der Waals surface area contributed by atoms with E-state index in [1.165, 1.54) is 56.7 Å². The normalized spacial score (nSPS) is 23.7. The van der Waals surface area contributed by atoms with Crippen LogP contribution in [0, 0.1) is 11.8 Å². The van der Waals surface area contributed by atoms with Crippen molar-refractivity contribution < 1.29 is 9.59 Å². The molecule has 0 unspecified atom stereocenters. The Morgan fingerprint density at radius 2 is 1.24 bits per heavy atom. The van der Waals surface area contributed by atoms with Crippen LogP contribution in [0.3, 0.4) is 0 Å². The Morgan fingerprint density at radius 1 is 0.622 bits per heavy atom. The monoisotopic (exact) mass is 513 g/mol. The molecule has 0 spiro atoms. The molecule has 37 heavy (non-hydrogen) atoms. The van der Waals surface area contributed by atoms with Crippen LogP contribution in [-0.2, 0) is 9.59 Å². The van der Waals surface area contributed by atoms with Crippen molar-refractivity contribution in [1.82, 2.24) is 0 Å². The van der Waals surface area contributed by atoms with Gasteiger partial charge in [0.2, 0.25) is 11.8 Å². The largest absolute Gasteiger partial charge is 0.274 e. The molecule has 2 bridgehead atoms. The molecule has 0 radical (unpaired) electrons. The van der Waals surface area contributed by atoms with Crippen LogP contribution < -0.4 is 4.90 Å². The smallest absolute Gasteiger partial charge is 0.238 e. The number of rotatable bonds is 1. The molecule has 5 heteroatoms. The quantitative estimate of drug-likeness (QED) is 0.212. The first-order chi connectivity index (χ1) is 18.2. The Morgan fingerprint density at radius 3 is 2.00 bits per heavy atom. The summed E-state index contributed by atoms with van der Waals surface area (Å²) >= 11 is 3.69. The number of carbonyl (C=O) groups is 2. The first-order valence-electron chi connectivity index (χ1n) is 12.6. The van der Waals surface area contributed by atoms with Gasteiger partial charge in [-0.1, -0.05) is 66.7 Å². The van der Waals surface area contributed by atoms with Gasteiger partial charge in [-0.05, 0) is 51.7 Å². The van der Waals surface area contributed by atoms with Gasteiger partial charge in [-0.3, -0.25) is 9.59 Å². The second kappa shape index (κ2) is 6.94. The van der Waals surface area contributed by atoms with E-state index in [2.05, 4.69) is 60.7 Å². The molecule has 0 N–H and O–H groups in total. The van der Waals surface area contributed by atoms with E-state index in [0.29, 0.717) is 5.69 Å². The number of thiophene rings is 2. The summed E-state index contributed by atoms with van der Waals surface area (Å²) in [4.78, 5) is 30.8. The number of amides is 2. The third-order valence-corrected chi connectivity index (χ3v) is 11.3. The van der Waals surface area contributed by atoms with Gasteiger partial charge in [-0.15, -0.1) is 22.7 Å². The lowest BCUT2D eigenvalue weighted by Crippen LogP contribution is -2.40. The minimum absolute atomic E-state index is 0.0519. The maximum Gasteiger partial charge on any atom is 0.238 e. The molecule has 3 aliphatic carbocycles. The van der Waals surface area contributed by atoms with E-state index in [9.17, 15) is 9.59 Å². The zero-order valence-corrected chi connectivity index (χ0v) is 21.2. The highest BCUT2D eigenvalue weighted by molar-refractivity contribution is 7.33. The van der Waals surface area contributed by atoms with Crippen LogP contribution in [-0.4, -0.2) is 11.8 Å². The van der Waals surface area contributed by atoms with Gasteiger partial charge in [-0.25, -0.2) is 4.90 Å². The summed E-state index contributed by atoms with van der Waals surface area (Å²) in [6.45, 7) is 0. The number of para-hydroxylation sites is 1. The SMILES string of the molecule is O=C1[C@@H]2[C@H]3c4ccccc4[C@@H](c4c3sc3c4sc4cc5ccccc5cc43)[C@@H]2C(=O)N1c1ccccc1. The standard InChI is InChI=1S/C32H19NO2S2/c34-31-25-23-19-12-6-7-13-20(19)24(26(25)32(35)33(31)18-10-2-1-3-11-18)29-27(23)30-28(37-29)21-14-16-8-4-5-9-17(16)15-22(21)36-30/h1-15,23-26H/t23-,24-,25+,26-/m1/s1. The van der Waals surface area contributed by atoms with Gasteiger partial charge in [0.25, 0.3) is 0 Å². The summed E-state index contributed by atoms with van der Waals surface area (Å²) in [6.07, 6.45) is 0. The number of benzene rings is 4. The molecule has 2 aromatic heterocycles. The van der Waals surface area contributed by atoms with E-state index in [4.69, 9.17) is 0 Å². The number of hydrogen-bond donors (Lipinski definition) is 0. The van der Waals surface area contributed by atoms with Crippen molar-refractivity contribution in [3.05, 3.63) is 113 Å². The molecule has 1 fully saturated rings. The molecule has 6 aromatic rings. The van der Waals surface area contributed by atoms with Crippen LogP contribution in [0.15, 0.2) is 91.0 Å². The van der Waals surface area contributed by atoms with E-state index in [0.717, 1.165) is 0 Å². The van der Waals surface area contributed by atoms with E-state index in [1.807, 2.05) is 53.0 Å². The number of carbonyl (C=O) groups excluding carboxylic acids is 2. The van der Waals surface area contributed by atoms with Gasteiger partial charge in [0.15, 0.2) is 0 Å². The number of fused-ring (bicyclic) bond motifs is 4. The van der Waals surface area contributed by atoms with Crippen molar-refractivity contribution in [3.63, 3.8) is 0 Å². The summed E-state index contributed by atoms with van der Waals surface area (Å²) < 4.78 is 3.89. The molecule has 176 valence electrons. The lowest BCUT2D eigenvalue weighted by atomic mass is 9.57. The molecular weight excluding hydrogens is 494 g/mol. The first-order valence-corrected chi connectivity index (χ1v) is 14.2. The maximum absolute atomic E-state index is 14.1. The summed E-state index contributed by atoms with van der Waals surface area (Å²) in [5.74, 6) is -0.984. The van der Waals surface area contributed by atoms with E-state index < -0.39 is 0 Å². The Hall–Kier alpha value is -3.80. The van der Waals surface area contributed by atoms with Gasteiger partial charge >= 0.3 is 0 Å². The highest BCUT2D eigenvalue weighted by Gasteiger charge is 2.63. The van der Waals surface area contributed by atoms with Gasteiger partial charge in [0.05, 0.1) is 26.9 Å². The zero-order valence-electron chi connectivity index (χ0n) is 19.5. The van der Waals surface area contributed by atoms with Crippen molar-refractivity contribution in [1.29, 1.82) is 0 Å². The second-order valence-electron chi connectivity index (χ2n) is 10.3. The molecule has 4 aromatic carbocycles. The Balaban J connectivity index is 1.32. The predicted molar refractivity (Wildman–Crippen MR) is 151 cm³/mol. The Kier molecular flexibility index (Phi) is 3.80. The number of nitrogens with zero attached hydrogens (tertiary/aromatic N) is 1. The molecule has 10 rings (SSSR count). The average Bonchev–Trinajstić information content (AvgIpc) is 3.56. The lowest BCUT2D eigenvalue weighted by molar-refractivity contribution is -0.122. The summed E-state index contributed by atoms with van der Waals surface area (Å²) in [5, 5.41) is 3.78. The summed E-state index contributed by atoms with van der Waals surface area (Å²) in [6, 6.07) is 31.1. The van der Waals surface area contributed by atoms with Crippen LogP contribution in [0.2, 0.25) is 0 Å². The van der Waals surface area contributed by atoms with Gasteiger partial charge in [0, 0.05) is 26.8 Å². The molecule has 4 atom stereocenters. The Bertz CT molecular complexity index is 1970. The minimum atomic E-state index is -0.359. The van der Waals surface area contributed by atoms with E-state index in [-0.39, 0.29) is 35.5 Å². The maximum atomic E-state index is 14.1. The fraction of sp³-hybridized carbons (Fsp3) is 0.125. The van der Waals surface area contributed by atoms with E-state index >= 15 is 0 Å². The fourth-order valence-corrected chi connectivity index (χ4v) is 10.2. The average molecular weight is 514 g/mol. The van der Waals surface area contributed by atoms with Crippen LogP contribution in [0.25, 0.3) is 30.3 Å². The second-order valence-corrected chi connectivity index (χ2v) is 12.4. The minimum Gasteiger partial charge on any atom is -0.274 e. The fourth-order valence-electron chi connectivity index (χ4n) is 7.19. The van der Waals surface area contributed by atoms with Crippen molar-refractivity contribution in [3.8, 4) is 0 Å². The van der Waals surface area contributed by atoms with Gasteiger partial charge < -0.3 is 0 Å². The predicted octanol–water partition coefficient (Wildman–Crippen LogP) is 7.67. The van der Waals surface area contributed by atoms with Crippen molar-refractivity contribution in [2.24, 2.45) is 11.8 Å². The van der Waals surface area contributed by atoms with Crippen LogP contribution in [0.4, 0.5) is 5.69 Å². The van der Waals surface area contributed by atoms with Gasteiger partial charge in [-0.2, -0.15) is 0 Å². The lowest BCUT2D eigenvalue weighted by Gasteiger charge is -2.44. The molecule has 0 saturated carbocycles. The molecule has 3 nitrogen and oxygen atoms in total. The van der Waals surface area contributed by atoms with Crippen molar-refractivity contribution >= 4 is 70.4 Å². The van der Waals surface area contributed by atoms with Crippen LogP contribution in [0.1, 0.15) is 33.4 Å². The van der Waals surface area contributed by atoms with Crippen LogP contribution in [0.5, 0.6) is 0 Å². The third kappa shape index (κ3) is 2.42. The summed E-state index contributed by atoms with van der Waals surface area (Å²) in [7, 11) is 0. The molecule has 1 saturated heterocycles. The Labute approximate surface area is 220 Å². The highest BCUT2D eigenvalue weighted by Crippen LogP contribution is 2.65. The molecule has 3 heterocycles. The third-order valence-electron chi connectivity index (χ3n) is 8.62. The number of imide groups is 1. The number of anilines is 1. The van der Waals surface area contributed by atoms with Crippen molar-refractivity contribution in [2.75, 3.05) is 4.90 Å². The molecular formula is C32H19NO2S2. The topological polar surface area (TPSA) is 37.4 Å². The first kappa shape index (κ1) is 20.3.